The van der Waals surface area contributed by atoms with E-state index in [1.54, 1.807) is 19.3 Å². The zero-order valence-corrected chi connectivity index (χ0v) is 14.6. The zero-order valence-electron chi connectivity index (χ0n) is 14.6. The molecule has 1 N–H and O–H groups in total. The minimum absolute atomic E-state index is 0.0486. The summed E-state index contributed by atoms with van der Waals surface area (Å²) in [4.78, 5) is 23.1. The average Bonchev–Trinajstić information content (AvgIpc) is 3.05. The molecule has 1 saturated heterocycles. The third kappa shape index (κ3) is 5.09. The van der Waals surface area contributed by atoms with Crippen LogP contribution in [0.2, 0.25) is 0 Å². The van der Waals surface area contributed by atoms with Crippen LogP contribution < -0.4 is 5.32 Å². The van der Waals surface area contributed by atoms with Crippen LogP contribution in [0.1, 0.15) is 43.0 Å². The summed E-state index contributed by atoms with van der Waals surface area (Å²) in [6, 6.07) is 3.97. The Morgan fingerprint density at radius 2 is 2.20 bits per heavy atom. The van der Waals surface area contributed by atoms with Gasteiger partial charge in [-0.3, -0.25) is 14.7 Å². The molecule has 1 atom stereocenters. The number of likely N-dealkylation sites (tertiary alicyclic amines) is 1. The van der Waals surface area contributed by atoms with E-state index in [2.05, 4.69) is 25.3 Å². The fraction of sp³-hybridized carbons (Fsp3) is 0.556. The van der Waals surface area contributed by atoms with Crippen molar-refractivity contribution < 1.29 is 9.32 Å². The third-order valence-electron chi connectivity index (χ3n) is 4.49. The first-order valence-electron chi connectivity index (χ1n) is 8.92. The lowest BCUT2D eigenvalue weighted by Gasteiger charge is -2.34. The Labute approximate surface area is 147 Å². The van der Waals surface area contributed by atoms with Gasteiger partial charge in [0, 0.05) is 31.9 Å². The van der Waals surface area contributed by atoms with Gasteiger partial charge in [0.25, 0.3) is 0 Å². The van der Waals surface area contributed by atoms with Gasteiger partial charge >= 0.3 is 0 Å². The van der Waals surface area contributed by atoms with E-state index in [1.165, 1.54) is 5.56 Å². The van der Waals surface area contributed by atoms with E-state index in [4.69, 9.17) is 4.52 Å². The third-order valence-corrected chi connectivity index (χ3v) is 4.49. The molecule has 0 radical (unpaired) electrons. The van der Waals surface area contributed by atoms with Crippen molar-refractivity contribution in [1.29, 1.82) is 0 Å². The lowest BCUT2D eigenvalue weighted by molar-refractivity contribution is -0.127. The molecular formula is C18H25N5O2. The second-order valence-electron chi connectivity index (χ2n) is 6.47. The molecule has 134 valence electrons. The molecule has 25 heavy (non-hydrogen) atoms. The Bertz CT molecular complexity index is 673. The van der Waals surface area contributed by atoms with E-state index in [0.717, 1.165) is 38.8 Å². The summed E-state index contributed by atoms with van der Waals surface area (Å²) >= 11 is 0. The topological polar surface area (TPSA) is 84.2 Å². The molecule has 7 heteroatoms. The number of aromatic nitrogens is 3. The summed E-state index contributed by atoms with van der Waals surface area (Å²) < 4.78 is 5.08. The number of carbonyl (C=O) groups excluding carboxylic acids is 1. The standard InChI is InChI=1S/C18H25N5O2/c1-14-21-17(25-22-14)6-4-9-20-18(24)16-5-2-3-12-23(16)13-15-7-10-19-11-8-15/h7-8,10-11,16H,2-6,9,12-13H2,1H3,(H,20,24)/t16-/m1/s1. The van der Waals surface area contributed by atoms with Crippen LogP contribution in [0.5, 0.6) is 0 Å². The molecule has 0 aliphatic carbocycles. The average molecular weight is 343 g/mol. The smallest absolute Gasteiger partial charge is 0.237 e. The lowest BCUT2D eigenvalue weighted by atomic mass is 10.0. The van der Waals surface area contributed by atoms with Crippen molar-refractivity contribution in [1.82, 2.24) is 25.3 Å². The Morgan fingerprint density at radius 1 is 1.36 bits per heavy atom. The van der Waals surface area contributed by atoms with Gasteiger partial charge < -0.3 is 9.84 Å². The zero-order chi connectivity index (χ0) is 17.5. The van der Waals surface area contributed by atoms with Crippen LogP contribution in [-0.4, -0.2) is 45.1 Å². The number of piperidine rings is 1. The highest BCUT2D eigenvalue weighted by Crippen LogP contribution is 2.19. The summed E-state index contributed by atoms with van der Waals surface area (Å²) in [7, 11) is 0. The van der Waals surface area contributed by atoms with Gasteiger partial charge in [0.1, 0.15) is 0 Å². The molecule has 3 heterocycles. The molecule has 0 unspecified atom stereocenters. The summed E-state index contributed by atoms with van der Waals surface area (Å²) in [5.74, 6) is 1.40. The highest BCUT2D eigenvalue weighted by Gasteiger charge is 2.28. The van der Waals surface area contributed by atoms with E-state index < -0.39 is 0 Å². The van der Waals surface area contributed by atoms with Crippen LogP contribution in [0, 0.1) is 6.92 Å². The maximum atomic E-state index is 12.6. The van der Waals surface area contributed by atoms with Crippen LogP contribution in [0.3, 0.4) is 0 Å². The number of amides is 1. The SMILES string of the molecule is Cc1noc(CCCNC(=O)[C@H]2CCCCN2Cc2ccncc2)n1. The lowest BCUT2D eigenvalue weighted by Crippen LogP contribution is -2.49. The van der Waals surface area contributed by atoms with Gasteiger partial charge in [-0.05, 0) is 50.4 Å². The second-order valence-corrected chi connectivity index (χ2v) is 6.47. The molecule has 0 saturated carbocycles. The van der Waals surface area contributed by atoms with Crippen molar-refractivity contribution in [2.45, 2.75) is 51.6 Å². The highest BCUT2D eigenvalue weighted by molar-refractivity contribution is 5.81. The second kappa shape index (κ2) is 8.71. The van der Waals surface area contributed by atoms with Crippen molar-refractivity contribution >= 4 is 5.91 Å². The number of nitrogens with zero attached hydrogens (tertiary/aromatic N) is 4. The monoisotopic (exact) mass is 343 g/mol. The van der Waals surface area contributed by atoms with Crippen LogP contribution in [0.4, 0.5) is 0 Å². The van der Waals surface area contributed by atoms with Gasteiger partial charge in [-0.25, -0.2) is 0 Å². The van der Waals surface area contributed by atoms with Gasteiger partial charge in [0.15, 0.2) is 5.82 Å². The summed E-state index contributed by atoms with van der Waals surface area (Å²) in [5.41, 5.74) is 1.20. The van der Waals surface area contributed by atoms with E-state index >= 15 is 0 Å². The predicted octanol–water partition coefficient (Wildman–Crippen LogP) is 1.88. The van der Waals surface area contributed by atoms with Gasteiger partial charge in [-0.2, -0.15) is 4.98 Å². The Kier molecular flexibility index (Phi) is 6.11. The minimum atomic E-state index is -0.0486. The molecule has 0 aromatic carbocycles. The quantitative estimate of drug-likeness (QED) is 0.773. The number of pyridine rings is 1. The first-order valence-corrected chi connectivity index (χ1v) is 8.92. The molecule has 1 fully saturated rings. The summed E-state index contributed by atoms with van der Waals surface area (Å²) in [6.07, 6.45) is 8.25. The number of hydrogen-bond acceptors (Lipinski definition) is 6. The van der Waals surface area contributed by atoms with Gasteiger partial charge in [-0.15, -0.1) is 0 Å². The van der Waals surface area contributed by atoms with Gasteiger partial charge in [0.2, 0.25) is 11.8 Å². The molecule has 1 aliphatic rings. The maximum absolute atomic E-state index is 12.6. The van der Waals surface area contributed by atoms with Crippen molar-refractivity contribution in [3.63, 3.8) is 0 Å². The normalized spacial score (nSPS) is 18.2. The van der Waals surface area contributed by atoms with Crippen molar-refractivity contribution in [3.8, 4) is 0 Å². The predicted molar refractivity (Wildman–Crippen MR) is 92.7 cm³/mol. The fourth-order valence-electron chi connectivity index (χ4n) is 3.21. The first kappa shape index (κ1) is 17.5. The number of rotatable bonds is 7. The number of aryl methyl sites for hydroxylation is 2. The highest BCUT2D eigenvalue weighted by atomic mass is 16.5. The Morgan fingerprint density at radius 3 is 2.96 bits per heavy atom. The largest absolute Gasteiger partial charge is 0.355 e. The molecular weight excluding hydrogens is 318 g/mol. The van der Waals surface area contributed by atoms with Gasteiger partial charge in [0.05, 0.1) is 6.04 Å². The first-order chi connectivity index (χ1) is 12.2. The molecule has 0 spiro atoms. The molecule has 2 aromatic rings. The van der Waals surface area contributed by atoms with E-state index in [1.807, 2.05) is 12.1 Å². The molecule has 0 bridgehead atoms. The number of carbonyl (C=O) groups is 1. The Balaban J connectivity index is 1.47. The molecule has 1 aliphatic heterocycles. The fourth-order valence-corrected chi connectivity index (χ4v) is 3.21. The van der Waals surface area contributed by atoms with Crippen LogP contribution in [0.15, 0.2) is 29.0 Å². The van der Waals surface area contributed by atoms with Crippen LogP contribution in [0.25, 0.3) is 0 Å². The van der Waals surface area contributed by atoms with Gasteiger partial charge in [-0.1, -0.05) is 11.6 Å². The minimum Gasteiger partial charge on any atom is -0.355 e. The Hall–Kier alpha value is -2.28. The van der Waals surface area contributed by atoms with Crippen LogP contribution >= 0.6 is 0 Å². The van der Waals surface area contributed by atoms with Crippen molar-refractivity contribution in [3.05, 3.63) is 41.8 Å². The number of nitrogens with one attached hydrogen (secondary N) is 1. The van der Waals surface area contributed by atoms with Crippen molar-refractivity contribution in [2.24, 2.45) is 0 Å². The summed E-state index contributed by atoms with van der Waals surface area (Å²) in [5, 5.41) is 6.83. The molecule has 3 rings (SSSR count). The van der Waals surface area contributed by atoms with E-state index in [9.17, 15) is 4.79 Å². The summed E-state index contributed by atoms with van der Waals surface area (Å²) in [6.45, 7) is 4.18. The maximum Gasteiger partial charge on any atom is 0.237 e. The number of hydrogen-bond donors (Lipinski definition) is 1. The van der Waals surface area contributed by atoms with E-state index in [0.29, 0.717) is 24.7 Å². The molecule has 7 nitrogen and oxygen atoms in total. The van der Waals surface area contributed by atoms with Crippen LogP contribution in [-0.2, 0) is 17.8 Å². The van der Waals surface area contributed by atoms with Crippen molar-refractivity contribution in [2.75, 3.05) is 13.1 Å². The molecule has 2 aromatic heterocycles. The molecule has 1 amide bonds. The van der Waals surface area contributed by atoms with E-state index in [-0.39, 0.29) is 11.9 Å².